The number of nitrogens with zero attached hydrogens (tertiary/aromatic N) is 3. The van der Waals surface area contributed by atoms with Crippen LogP contribution in [0.4, 0.5) is 13.6 Å². The Morgan fingerprint density at radius 2 is 1.94 bits per heavy atom. The number of nitrogens with two attached hydrogens (primary N) is 2. The van der Waals surface area contributed by atoms with Crippen molar-refractivity contribution < 1.29 is 23.1 Å². The third-order valence-electron chi connectivity index (χ3n) is 4.83. The zero-order valence-corrected chi connectivity index (χ0v) is 18.6. The molecular weight excluding hydrogens is 454 g/mol. The number of nitrogens with one attached hydrogen (secondary N) is 1. The molecule has 3 amide bonds. The molecule has 33 heavy (non-hydrogen) atoms. The van der Waals surface area contributed by atoms with Crippen LogP contribution in [-0.4, -0.2) is 47.7 Å². The maximum absolute atomic E-state index is 14.6. The van der Waals surface area contributed by atoms with Gasteiger partial charge in [-0.3, -0.25) is 4.79 Å². The molecule has 0 bridgehead atoms. The van der Waals surface area contributed by atoms with E-state index in [0.717, 1.165) is 35.0 Å². The number of benzene rings is 2. The number of ether oxygens (including phenoxy) is 1. The van der Waals surface area contributed by atoms with E-state index in [4.69, 9.17) is 16.2 Å². The van der Waals surface area contributed by atoms with E-state index in [9.17, 15) is 18.4 Å². The van der Waals surface area contributed by atoms with Gasteiger partial charge >= 0.3 is 6.03 Å². The summed E-state index contributed by atoms with van der Waals surface area (Å²) >= 11 is 1.02. The van der Waals surface area contributed by atoms with Crippen molar-refractivity contribution in [3.8, 4) is 0 Å². The van der Waals surface area contributed by atoms with Crippen LogP contribution in [0.2, 0.25) is 0 Å². The number of rotatable bonds is 6. The Balaban J connectivity index is 2.15. The van der Waals surface area contributed by atoms with Gasteiger partial charge in [-0.25, -0.2) is 18.6 Å². The summed E-state index contributed by atoms with van der Waals surface area (Å²) in [6.07, 6.45) is -0.897. The van der Waals surface area contributed by atoms with E-state index in [-0.39, 0.29) is 23.1 Å². The molecule has 5 N–H and O–H groups in total. The second kappa shape index (κ2) is 9.96. The second-order valence-corrected chi connectivity index (χ2v) is 8.26. The summed E-state index contributed by atoms with van der Waals surface area (Å²) in [5.41, 5.74) is 11.3. The number of aliphatic imine (C=N–C) groups is 1. The molecule has 9 nitrogen and oxygen atoms in total. The lowest BCUT2D eigenvalue weighted by Crippen LogP contribution is -2.52. The summed E-state index contributed by atoms with van der Waals surface area (Å²) in [7, 11) is 1.36. The van der Waals surface area contributed by atoms with Gasteiger partial charge in [0, 0.05) is 12.7 Å². The Hall–Kier alpha value is -3.51. The molecule has 0 spiro atoms. The van der Waals surface area contributed by atoms with Gasteiger partial charge in [-0.2, -0.15) is 10.1 Å². The summed E-state index contributed by atoms with van der Waals surface area (Å²) in [6, 6.07) is 10.7. The van der Waals surface area contributed by atoms with Crippen LogP contribution in [-0.2, 0) is 14.4 Å². The Labute approximate surface area is 192 Å². The number of guanidine groups is 1. The third kappa shape index (κ3) is 5.12. The summed E-state index contributed by atoms with van der Waals surface area (Å²) in [4.78, 5) is 26.5. The Kier molecular flexibility index (Phi) is 7.29. The second-order valence-electron chi connectivity index (χ2n) is 7.00. The van der Waals surface area contributed by atoms with Crippen LogP contribution in [0, 0.1) is 11.6 Å². The van der Waals surface area contributed by atoms with Gasteiger partial charge in [0.2, 0.25) is 0 Å². The predicted molar refractivity (Wildman–Crippen MR) is 121 cm³/mol. The van der Waals surface area contributed by atoms with Gasteiger partial charge in [0.25, 0.3) is 5.91 Å². The van der Waals surface area contributed by atoms with Crippen molar-refractivity contribution >= 4 is 34.7 Å². The van der Waals surface area contributed by atoms with Crippen molar-refractivity contribution in [3.05, 3.63) is 71.3 Å². The molecule has 3 rings (SSSR count). The van der Waals surface area contributed by atoms with E-state index in [1.165, 1.54) is 14.0 Å². The fraction of sp³-hybridized carbons (Fsp3) is 0.238. The molecule has 2 aromatic rings. The van der Waals surface area contributed by atoms with E-state index < -0.39 is 34.5 Å². The molecule has 0 aliphatic carbocycles. The Bertz CT molecular complexity index is 1110. The van der Waals surface area contributed by atoms with Gasteiger partial charge < -0.3 is 21.5 Å². The lowest BCUT2D eigenvalue weighted by atomic mass is 10.0. The van der Waals surface area contributed by atoms with E-state index in [2.05, 4.69) is 15.4 Å². The maximum Gasteiger partial charge on any atom is 0.341 e. The van der Waals surface area contributed by atoms with E-state index >= 15 is 0 Å². The largest absolute Gasteiger partial charge is 0.372 e. The smallest absolute Gasteiger partial charge is 0.341 e. The molecule has 0 saturated carbocycles. The SMILES string of the molecule is COC(C)C(=O)N1N=C(c2cc(F)ccc2F)SC1(CNC(N)=NC(N)=O)c1ccccc1. The van der Waals surface area contributed by atoms with Crippen LogP contribution in [0.25, 0.3) is 0 Å². The van der Waals surface area contributed by atoms with Gasteiger partial charge in [-0.15, -0.1) is 0 Å². The van der Waals surface area contributed by atoms with Crippen molar-refractivity contribution in [3.63, 3.8) is 0 Å². The molecule has 2 atom stereocenters. The zero-order chi connectivity index (χ0) is 24.2. The van der Waals surface area contributed by atoms with Gasteiger partial charge in [0.1, 0.15) is 22.8 Å². The average Bonchev–Trinajstić information content (AvgIpc) is 3.19. The first-order valence-corrected chi connectivity index (χ1v) is 10.5. The molecule has 0 saturated heterocycles. The Morgan fingerprint density at radius 3 is 2.58 bits per heavy atom. The van der Waals surface area contributed by atoms with Crippen molar-refractivity contribution in [1.29, 1.82) is 0 Å². The van der Waals surface area contributed by atoms with Crippen LogP contribution in [0.3, 0.4) is 0 Å². The number of halogens is 2. The monoisotopic (exact) mass is 476 g/mol. The molecule has 0 radical (unpaired) electrons. The molecule has 1 heterocycles. The first kappa shape index (κ1) is 24.1. The van der Waals surface area contributed by atoms with Gasteiger partial charge in [0.15, 0.2) is 10.8 Å². The van der Waals surface area contributed by atoms with Crippen LogP contribution in [0.15, 0.2) is 58.6 Å². The number of methoxy groups -OCH3 is 1. The minimum atomic E-state index is -1.31. The summed E-state index contributed by atoms with van der Waals surface area (Å²) in [5, 5.41) is 8.34. The van der Waals surface area contributed by atoms with Crippen molar-refractivity contribution in [1.82, 2.24) is 10.3 Å². The quantitative estimate of drug-likeness (QED) is 0.432. The number of carbonyl (C=O) groups is 2. The number of amides is 3. The predicted octanol–water partition coefficient (Wildman–Crippen LogP) is 2.07. The van der Waals surface area contributed by atoms with E-state index in [1.807, 2.05) is 0 Å². The normalized spacial score (nSPS) is 19.2. The first-order valence-electron chi connectivity index (χ1n) is 9.71. The van der Waals surface area contributed by atoms with E-state index in [0.29, 0.717) is 5.56 Å². The molecule has 174 valence electrons. The lowest BCUT2D eigenvalue weighted by Gasteiger charge is -2.36. The first-order chi connectivity index (χ1) is 15.7. The topological polar surface area (TPSA) is 135 Å². The number of hydrogen-bond acceptors (Lipinski definition) is 5. The molecule has 1 aliphatic heterocycles. The average molecular weight is 477 g/mol. The molecule has 2 aromatic carbocycles. The minimum Gasteiger partial charge on any atom is -0.372 e. The maximum atomic E-state index is 14.6. The molecule has 1 aliphatic rings. The number of primary amides is 1. The number of thioether (sulfide) groups is 1. The van der Waals surface area contributed by atoms with Crippen molar-refractivity contribution in [2.45, 2.75) is 17.9 Å². The minimum absolute atomic E-state index is 0.0692. The number of urea groups is 1. The molecule has 0 aromatic heterocycles. The number of hydrogen-bond donors (Lipinski definition) is 3. The summed E-state index contributed by atoms with van der Waals surface area (Å²) < 4.78 is 33.7. The third-order valence-corrected chi connectivity index (χ3v) is 6.22. The summed E-state index contributed by atoms with van der Waals surface area (Å²) in [6.45, 7) is 1.44. The van der Waals surface area contributed by atoms with Gasteiger partial charge in [0.05, 0.1) is 6.54 Å². The van der Waals surface area contributed by atoms with Crippen molar-refractivity contribution in [2.24, 2.45) is 21.6 Å². The van der Waals surface area contributed by atoms with Crippen LogP contribution in [0.1, 0.15) is 18.1 Å². The van der Waals surface area contributed by atoms with Gasteiger partial charge in [-0.05, 0) is 30.7 Å². The highest BCUT2D eigenvalue weighted by molar-refractivity contribution is 8.15. The number of hydrazone groups is 1. The van der Waals surface area contributed by atoms with Crippen molar-refractivity contribution in [2.75, 3.05) is 13.7 Å². The highest BCUT2D eigenvalue weighted by Crippen LogP contribution is 2.47. The van der Waals surface area contributed by atoms with Gasteiger partial charge in [-0.1, -0.05) is 42.1 Å². The Morgan fingerprint density at radius 1 is 1.24 bits per heavy atom. The molecular formula is C21H22F2N6O3S. The highest BCUT2D eigenvalue weighted by Gasteiger charge is 2.50. The number of carbonyl (C=O) groups excluding carboxylic acids is 2. The lowest BCUT2D eigenvalue weighted by molar-refractivity contribution is -0.144. The standard InChI is InChI=1S/C21H22F2N6O3S/c1-12(32-2)18(30)29-21(13-6-4-3-5-7-13,11-26-19(24)27-20(25)31)33-17(28-29)15-10-14(22)8-9-16(15)23/h3-10,12H,11H2,1-2H3,(H5,24,25,26,27,31). The summed E-state index contributed by atoms with van der Waals surface area (Å²) in [5.74, 6) is -2.18. The van der Waals surface area contributed by atoms with Crippen LogP contribution in [0.5, 0.6) is 0 Å². The fourth-order valence-electron chi connectivity index (χ4n) is 3.13. The van der Waals surface area contributed by atoms with Crippen LogP contribution >= 0.6 is 11.8 Å². The van der Waals surface area contributed by atoms with E-state index in [1.54, 1.807) is 30.3 Å². The molecule has 0 fully saturated rings. The molecule has 12 heteroatoms. The fourth-order valence-corrected chi connectivity index (χ4v) is 4.45. The zero-order valence-electron chi connectivity index (χ0n) is 17.8. The van der Waals surface area contributed by atoms with Crippen LogP contribution < -0.4 is 16.8 Å². The highest BCUT2D eigenvalue weighted by atomic mass is 32.2. The molecule has 2 unspecified atom stereocenters.